The largest absolute Gasteiger partial charge is 0.454 e. The van der Waals surface area contributed by atoms with Crippen LogP contribution in [0.4, 0.5) is 5.69 Å². The second kappa shape index (κ2) is 8.99. The second-order valence-electron chi connectivity index (χ2n) is 6.63. The third-order valence-electron chi connectivity index (χ3n) is 4.02. The Hall–Kier alpha value is -2.71. The minimum atomic E-state index is -3.87. The smallest absolute Gasteiger partial charge is 0.324 e. The summed E-state index contributed by atoms with van der Waals surface area (Å²) >= 11 is 0. The maximum atomic E-state index is 12.3. The average Bonchev–Trinajstić information content (AvgIpc) is 2.62. The van der Waals surface area contributed by atoms with Gasteiger partial charge < -0.3 is 10.1 Å². The Labute approximate surface area is 165 Å². The number of hydrogen-bond acceptors (Lipinski definition) is 5. The predicted octanol–water partition coefficient (Wildman–Crippen LogP) is 2.46. The van der Waals surface area contributed by atoms with E-state index in [0.29, 0.717) is 5.69 Å². The van der Waals surface area contributed by atoms with Crippen LogP contribution in [0, 0.1) is 20.8 Å². The molecule has 0 bridgehead atoms. The fourth-order valence-corrected chi connectivity index (χ4v) is 3.66. The van der Waals surface area contributed by atoms with Gasteiger partial charge in [-0.15, -0.1) is 0 Å². The molecule has 1 atom stereocenters. The lowest BCUT2D eigenvalue weighted by Gasteiger charge is -2.14. The van der Waals surface area contributed by atoms with E-state index in [2.05, 4.69) is 10.0 Å². The molecule has 0 aliphatic carbocycles. The lowest BCUT2D eigenvalue weighted by atomic mass is 10.1. The first kappa shape index (κ1) is 21.6. The molecule has 2 aromatic rings. The monoisotopic (exact) mass is 404 g/mol. The topological polar surface area (TPSA) is 102 Å². The molecule has 150 valence electrons. The average molecular weight is 404 g/mol. The highest BCUT2D eigenvalue weighted by molar-refractivity contribution is 7.89. The van der Waals surface area contributed by atoms with Crippen molar-refractivity contribution in [2.24, 2.45) is 0 Å². The van der Waals surface area contributed by atoms with Gasteiger partial charge in [0.2, 0.25) is 10.0 Å². The van der Waals surface area contributed by atoms with Crippen molar-refractivity contribution in [2.75, 3.05) is 11.9 Å². The highest BCUT2D eigenvalue weighted by atomic mass is 32.2. The number of amides is 1. The van der Waals surface area contributed by atoms with E-state index in [0.717, 1.165) is 16.7 Å². The van der Waals surface area contributed by atoms with Gasteiger partial charge in [0.25, 0.3) is 5.91 Å². The molecule has 0 saturated carbocycles. The number of ether oxygens (including phenoxy) is 1. The maximum Gasteiger partial charge on any atom is 0.324 e. The molecule has 28 heavy (non-hydrogen) atoms. The predicted molar refractivity (Wildman–Crippen MR) is 106 cm³/mol. The van der Waals surface area contributed by atoms with Crippen molar-refractivity contribution in [3.8, 4) is 0 Å². The number of carbonyl (C=O) groups excluding carboxylic acids is 2. The lowest BCUT2D eigenvalue weighted by molar-refractivity contribution is -0.148. The molecular formula is C20H24N2O5S. The molecule has 8 heteroatoms. The van der Waals surface area contributed by atoms with Gasteiger partial charge in [0.05, 0.1) is 4.90 Å². The van der Waals surface area contributed by atoms with E-state index in [4.69, 9.17) is 4.74 Å². The van der Waals surface area contributed by atoms with Gasteiger partial charge >= 0.3 is 5.97 Å². The molecule has 0 aromatic heterocycles. The zero-order valence-corrected chi connectivity index (χ0v) is 17.1. The number of aryl methyl sites for hydroxylation is 3. The van der Waals surface area contributed by atoms with Crippen LogP contribution in [-0.2, 0) is 24.3 Å². The van der Waals surface area contributed by atoms with Crippen LogP contribution in [-0.4, -0.2) is 32.9 Å². The van der Waals surface area contributed by atoms with Gasteiger partial charge in [-0.3, -0.25) is 9.59 Å². The van der Waals surface area contributed by atoms with Gasteiger partial charge in [0.15, 0.2) is 6.61 Å². The summed E-state index contributed by atoms with van der Waals surface area (Å²) in [5, 5.41) is 2.66. The highest BCUT2D eigenvalue weighted by Crippen LogP contribution is 2.16. The van der Waals surface area contributed by atoms with Gasteiger partial charge in [0.1, 0.15) is 6.04 Å². The molecule has 0 aliphatic rings. The number of carbonyl (C=O) groups is 2. The van der Waals surface area contributed by atoms with Crippen molar-refractivity contribution in [3.63, 3.8) is 0 Å². The Morgan fingerprint density at radius 2 is 1.61 bits per heavy atom. The van der Waals surface area contributed by atoms with Crippen LogP contribution in [0.15, 0.2) is 47.4 Å². The molecule has 0 aliphatic heterocycles. The van der Waals surface area contributed by atoms with Crippen molar-refractivity contribution in [1.29, 1.82) is 0 Å². The summed E-state index contributed by atoms with van der Waals surface area (Å²) in [6.07, 6.45) is 0. The first-order valence-electron chi connectivity index (χ1n) is 8.71. The van der Waals surface area contributed by atoms with Crippen molar-refractivity contribution < 1.29 is 22.7 Å². The molecule has 2 aromatic carbocycles. The highest BCUT2D eigenvalue weighted by Gasteiger charge is 2.23. The van der Waals surface area contributed by atoms with E-state index >= 15 is 0 Å². The zero-order valence-electron chi connectivity index (χ0n) is 16.3. The summed E-state index contributed by atoms with van der Waals surface area (Å²) in [6, 6.07) is 10.6. The number of esters is 1. The maximum absolute atomic E-state index is 12.3. The summed E-state index contributed by atoms with van der Waals surface area (Å²) in [4.78, 5) is 24.1. The molecule has 0 heterocycles. The fraction of sp³-hybridized carbons (Fsp3) is 0.300. The van der Waals surface area contributed by atoms with E-state index < -0.39 is 34.5 Å². The van der Waals surface area contributed by atoms with Crippen LogP contribution in [0.5, 0.6) is 0 Å². The molecule has 7 nitrogen and oxygen atoms in total. The van der Waals surface area contributed by atoms with Crippen molar-refractivity contribution in [2.45, 2.75) is 38.6 Å². The molecule has 1 amide bonds. The van der Waals surface area contributed by atoms with E-state index in [1.165, 1.54) is 19.1 Å². The molecule has 0 spiro atoms. The van der Waals surface area contributed by atoms with Crippen molar-refractivity contribution >= 4 is 27.6 Å². The minimum Gasteiger partial charge on any atom is -0.454 e. The van der Waals surface area contributed by atoms with Gasteiger partial charge in [-0.05, 0) is 51.5 Å². The van der Waals surface area contributed by atoms with Gasteiger partial charge in [0, 0.05) is 5.69 Å². The summed E-state index contributed by atoms with van der Waals surface area (Å²) in [6.45, 7) is 6.49. The van der Waals surface area contributed by atoms with Gasteiger partial charge in [-0.2, -0.15) is 4.72 Å². The molecule has 2 N–H and O–H groups in total. The Kier molecular flexibility index (Phi) is 6.93. The Balaban J connectivity index is 1.89. The Bertz CT molecular complexity index is 969. The van der Waals surface area contributed by atoms with Crippen LogP contribution in [0.1, 0.15) is 23.6 Å². The molecular weight excluding hydrogens is 380 g/mol. The number of hydrogen-bond donors (Lipinski definition) is 2. The van der Waals surface area contributed by atoms with E-state index in [-0.39, 0.29) is 4.90 Å². The van der Waals surface area contributed by atoms with Crippen LogP contribution < -0.4 is 10.0 Å². The Morgan fingerprint density at radius 1 is 1.00 bits per heavy atom. The standard InChI is InChI=1S/C20H24N2O5S/c1-13-5-8-17(9-6-13)28(25,26)22-16(4)20(24)27-12-19(23)21-18-10-7-14(2)11-15(18)3/h5-11,16,22H,12H2,1-4H3,(H,21,23)/t16-/m0/s1. The number of nitrogens with one attached hydrogen (secondary N) is 2. The molecule has 0 unspecified atom stereocenters. The third kappa shape index (κ3) is 5.90. The van der Waals surface area contributed by atoms with Gasteiger partial charge in [-0.25, -0.2) is 8.42 Å². The number of rotatable bonds is 7. The summed E-state index contributed by atoms with van der Waals surface area (Å²) in [5.74, 6) is -1.35. The molecule has 2 rings (SSSR count). The number of benzene rings is 2. The SMILES string of the molecule is Cc1ccc(S(=O)(=O)N[C@@H](C)C(=O)OCC(=O)Nc2ccc(C)cc2C)cc1. The van der Waals surface area contributed by atoms with Crippen molar-refractivity contribution in [1.82, 2.24) is 4.72 Å². The lowest BCUT2D eigenvalue weighted by Crippen LogP contribution is -2.40. The van der Waals surface area contributed by atoms with E-state index in [1.54, 1.807) is 18.2 Å². The van der Waals surface area contributed by atoms with Crippen molar-refractivity contribution in [3.05, 3.63) is 59.2 Å². The molecule has 0 fully saturated rings. The quantitative estimate of drug-likeness (QED) is 0.690. The first-order chi connectivity index (χ1) is 13.1. The third-order valence-corrected chi connectivity index (χ3v) is 5.57. The van der Waals surface area contributed by atoms with E-state index in [9.17, 15) is 18.0 Å². The number of sulfonamides is 1. The normalized spacial score (nSPS) is 12.3. The minimum absolute atomic E-state index is 0.0466. The molecule has 0 radical (unpaired) electrons. The van der Waals surface area contributed by atoms with E-state index in [1.807, 2.05) is 32.9 Å². The summed E-state index contributed by atoms with van der Waals surface area (Å²) in [7, 11) is -3.87. The second-order valence-corrected chi connectivity index (χ2v) is 8.34. The number of anilines is 1. The fourth-order valence-electron chi connectivity index (χ4n) is 2.47. The molecule has 0 saturated heterocycles. The summed E-state index contributed by atoms with van der Waals surface area (Å²) < 4.78 is 31.8. The summed E-state index contributed by atoms with van der Waals surface area (Å²) in [5.41, 5.74) is 3.50. The zero-order chi connectivity index (χ0) is 20.9. The van der Waals surface area contributed by atoms with Crippen LogP contribution in [0.2, 0.25) is 0 Å². The Morgan fingerprint density at radius 3 is 2.21 bits per heavy atom. The van der Waals surface area contributed by atoms with Gasteiger partial charge in [-0.1, -0.05) is 35.4 Å². The van der Waals surface area contributed by atoms with Crippen LogP contribution in [0.25, 0.3) is 0 Å². The van der Waals surface area contributed by atoms with Crippen LogP contribution >= 0.6 is 0 Å². The van der Waals surface area contributed by atoms with Crippen LogP contribution in [0.3, 0.4) is 0 Å². The first-order valence-corrected chi connectivity index (χ1v) is 10.2.